The van der Waals surface area contributed by atoms with Crippen LogP contribution in [0.2, 0.25) is 0 Å². The number of likely N-dealkylation sites (N-methyl/N-ethyl adjacent to an activating group) is 2. The first-order valence-electron chi connectivity index (χ1n) is 6.26. The monoisotopic (exact) mass is 380 g/mol. The van der Waals surface area contributed by atoms with Crippen molar-refractivity contribution in [3.8, 4) is 11.5 Å². The maximum absolute atomic E-state index is 12.7. The first-order valence-corrected chi connectivity index (χ1v) is 8.50. The van der Waals surface area contributed by atoms with Gasteiger partial charge in [0.05, 0.1) is 18.7 Å². The van der Waals surface area contributed by atoms with Crippen LogP contribution in [0.1, 0.15) is 0 Å². The van der Waals surface area contributed by atoms with Crippen LogP contribution in [0.5, 0.6) is 11.5 Å². The van der Waals surface area contributed by atoms with E-state index in [1.807, 2.05) is 19.0 Å². The van der Waals surface area contributed by atoms with Gasteiger partial charge in [-0.3, -0.25) is 0 Å². The number of sulfonamides is 1. The van der Waals surface area contributed by atoms with E-state index in [2.05, 4.69) is 15.9 Å². The number of nitrogens with zero attached hydrogens (tertiary/aromatic N) is 2. The summed E-state index contributed by atoms with van der Waals surface area (Å²) in [6.45, 7) is 1.02. The molecule has 120 valence electrons. The van der Waals surface area contributed by atoms with Gasteiger partial charge in [0, 0.05) is 26.2 Å². The molecule has 8 heteroatoms. The fourth-order valence-corrected chi connectivity index (χ4v) is 3.46. The van der Waals surface area contributed by atoms with Gasteiger partial charge < -0.3 is 14.4 Å². The van der Waals surface area contributed by atoms with Gasteiger partial charge in [0.15, 0.2) is 0 Å². The van der Waals surface area contributed by atoms with Crippen molar-refractivity contribution >= 4 is 26.0 Å². The second-order valence-electron chi connectivity index (χ2n) is 4.77. The lowest BCUT2D eigenvalue weighted by molar-refractivity contribution is 0.355. The average Bonchev–Trinajstić information content (AvgIpc) is 2.43. The Labute approximate surface area is 134 Å². The summed E-state index contributed by atoms with van der Waals surface area (Å²) in [5.74, 6) is 0.717. The molecule has 0 bridgehead atoms. The number of hydrogen-bond donors (Lipinski definition) is 0. The largest absolute Gasteiger partial charge is 0.496 e. The fraction of sp³-hybridized carbons (Fsp3) is 0.538. The third-order valence-corrected chi connectivity index (χ3v) is 5.49. The van der Waals surface area contributed by atoms with Crippen molar-refractivity contribution in [2.24, 2.45) is 0 Å². The van der Waals surface area contributed by atoms with Crippen LogP contribution < -0.4 is 9.47 Å². The van der Waals surface area contributed by atoms with Gasteiger partial charge in [-0.2, -0.15) is 4.31 Å². The van der Waals surface area contributed by atoms with Crippen LogP contribution in [0.15, 0.2) is 21.5 Å². The Morgan fingerprint density at radius 3 is 2.10 bits per heavy atom. The normalized spacial score (nSPS) is 12.0. The summed E-state index contributed by atoms with van der Waals surface area (Å²) in [6.07, 6.45) is 0. The van der Waals surface area contributed by atoms with Crippen molar-refractivity contribution in [3.05, 3.63) is 16.6 Å². The van der Waals surface area contributed by atoms with E-state index in [1.54, 1.807) is 13.1 Å². The Hall–Kier alpha value is -0.830. The van der Waals surface area contributed by atoms with Crippen LogP contribution in [0.4, 0.5) is 0 Å². The lowest BCUT2D eigenvalue weighted by Gasteiger charge is -2.21. The Morgan fingerprint density at radius 2 is 1.62 bits per heavy atom. The lowest BCUT2D eigenvalue weighted by Crippen LogP contribution is -2.33. The Kier molecular flexibility index (Phi) is 6.45. The Balaban J connectivity index is 3.23. The molecule has 0 atom stereocenters. The highest BCUT2D eigenvalue weighted by molar-refractivity contribution is 9.10. The highest BCUT2D eigenvalue weighted by Gasteiger charge is 2.26. The summed E-state index contributed by atoms with van der Waals surface area (Å²) in [7, 11) is 4.61. The van der Waals surface area contributed by atoms with Crippen molar-refractivity contribution in [2.45, 2.75) is 4.90 Å². The minimum atomic E-state index is -3.65. The average molecular weight is 381 g/mol. The van der Waals surface area contributed by atoms with E-state index in [0.717, 1.165) is 0 Å². The molecule has 0 fully saturated rings. The van der Waals surface area contributed by atoms with Crippen molar-refractivity contribution in [1.82, 2.24) is 9.21 Å². The van der Waals surface area contributed by atoms with E-state index in [9.17, 15) is 8.42 Å². The number of hydrogen-bond acceptors (Lipinski definition) is 5. The van der Waals surface area contributed by atoms with E-state index in [-0.39, 0.29) is 10.6 Å². The third-order valence-electron chi connectivity index (χ3n) is 2.99. The smallest absolute Gasteiger partial charge is 0.246 e. The standard InChI is InChI=1S/C13H21BrN2O4S/c1-15(2)6-7-16(3)21(17,18)13-9-11(19-4)10(14)8-12(13)20-5/h8-9H,6-7H2,1-5H3. The van der Waals surface area contributed by atoms with Gasteiger partial charge in [-0.15, -0.1) is 0 Å². The van der Waals surface area contributed by atoms with Crippen LogP contribution in [0.3, 0.4) is 0 Å². The van der Waals surface area contributed by atoms with Crippen molar-refractivity contribution in [1.29, 1.82) is 0 Å². The fourth-order valence-electron chi connectivity index (χ4n) is 1.66. The molecule has 0 spiro atoms. The zero-order valence-corrected chi connectivity index (χ0v) is 15.3. The molecule has 1 rings (SSSR count). The molecule has 0 heterocycles. The van der Waals surface area contributed by atoms with Crippen molar-refractivity contribution in [3.63, 3.8) is 0 Å². The molecule has 0 saturated carbocycles. The molecular weight excluding hydrogens is 360 g/mol. The van der Waals surface area contributed by atoms with Gasteiger partial charge >= 0.3 is 0 Å². The van der Waals surface area contributed by atoms with E-state index in [1.165, 1.54) is 24.6 Å². The highest BCUT2D eigenvalue weighted by Crippen LogP contribution is 2.36. The van der Waals surface area contributed by atoms with E-state index in [0.29, 0.717) is 23.3 Å². The topological polar surface area (TPSA) is 59.1 Å². The number of methoxy groups -OCH3 is 2. The molecule has 0 radical (unpaired) electrons. The van der Waals surface area contributed by atoms with Gasteiger partial charge in [0.25, 0.3) is 0 Å². The molecule has 0 amide bonds. The van der Waals surface area contributed by atoms with Crippen LogP contribution in [-0.2, 0) is 10.0 Å². The predicted molar refractivity (Wildman–Crippen MR) is 85.6 cm³/mol. The zero-order chi connectivity index (χ0) is 16.2. The number of halogens is 1. The second-order valence-corrected chi connectivity index (χ2v) is 7.64. The molecule has 0 N–H and O–H groups in total. The van der Waals surface area contributed by atoms with Gasteiger partial charge in [-0.05, 0) is 36.1 Å². The summed E-state index contributed by atoms with van der Waals surface area (Å²) in [4.78, 5) is 2.01. The zero-order valence-electron chi connectivity index (χ0n) is 12.9. The van der Waals surface area contributed by atoms with Crippen LogP contribution in [0.25, 0.3) is 0 Å². The molecule has 21 heavy (non-hydrogen) atoms. The molecule has 1 aromatic rings. The van der Waals surface area contributed by atoms with E-state index < -0.39 is 10.0 Å². The van der Waals surface area contributed by atoms with Crippen LogP contribution >= 0.6 is 15.9 Å². The molecule has 0 aromatic heterocycles. The molecule has 0 aliphatic rings. The highest BCUT2D eigenvalue weighted by atomic mass is 79.9. The summed E-state index contributed by atoms with van der Waals surface area (Å²) in [5, 5.41) is 0. The molecular formula is C13H21BrN2O4S. The molecule has 0 saturated heterocycles. The molecule has 0 aliphatic heterocycles. The minimum absolute atomic E-state index is 0.0892. The maximum atomic E-state index is 12.7. The summed E-state index contributed by atoms with van der Waals surface area (Å²) in [5.41, 5.74) is 0. The summed E-state index contributed by atoms with van der Waals surface area (Å²) in [6, 6.07) is 3.05. The molecule has 1 aromatic carbocycles. The number of rotatable bonds is 7. The van der Waals surface area contributed by atoms with Crippen molar-refractivity contribution in [2.75, 3.05) is 48.5 Å². The molecule has 0 unspecified atom stereocenters. The number of benzene rings is 1. The predicted octanol–water partition coefficient (Wildman–Crippen LogP) is 1.65. The Morgan fingerprint density at radius 1 is 1.05 bits per heavy atom. The lowest BCUT2D eigenvalue weighted by atomic mass is 10.3. The van der Waals surface area contributed by atoms with Crippen molar-refractivity contribution < 1.29 is 17.9 Å². The molecule has 6 nitrogen and oxygen atoms in total. The maximum Gasteiger partial charge on any atom is 0.246 e. The third kappa shape index (κ3) is 4.32. The van der Waals surface area contributed by atoms with Gasteiger partial charge in [-0.25, -0.2) is 8.42 Å². The van der Waals surface area contributed by atoms with Crippen LogP contribution in [0, 0.1) is 0 Å². The van der Waals surface area contributed by atoms with E-state index in [4.69, 9.17) is 9.47 Å². The Bertz CT molecular complexity index is 590. The van der Waals surface area contributed by atoms with Gasteiger partial charge in [0.2, 0.25) is 10.0 Å². The number of ether oxygens (including phenoxy) is 2. The first-order chi connectivity index (χ1) is 9.73. The first kappa shape index (κ1) is 18.2. The second kappa shape index (κ2) is 7.44. The SMILES string of the molecule is COc1cc(S(=O)(=O)N(C)CCN(C)C)c(OC)cc1Br. The van der Waals surface area contributed by atoms with E-state index >= 15 is 0 Å². The quantitative estimate of drug-likeness (QED) is 0.719. The van der Waals surface area contributed by atoms with Gasteiger partial charge in [0.1, 0.15) is 16.4 Å². The van der Waals surface area contributed by atoms with Gasteiger partial charge in [-0.1, -0.05) is 0 Å². The summed E-state index contributed by atoms with van der Waals surface area (Å²) < 4.78 is 37.6. The van der Waals surface area contributed by atoms with Crippen LogP contribution in [-0.4, -0.2) is 66.1 Å². The minimum Gasteiger partial charge on any atom is -0.496 e. The summed E-state index contributed by atoms with van der Waals surface area (Å²) >= 11 is 3.32. The molecule has 0 aliphatic carbocycles.